The number of hydrogen-bond acceptors (Lipinski definition) is 4. The van der Waals surface area contributed by atoms with Gasteiger partial charge in [0.2, 0.25) is 0 Å². The number of carbonyl (C=O) groups excluding carboxylic acids is 1. The van der Waals surface area contributed by atoms with E-state index in [0.29, 0.717) is 17.8 Å². The van der Waals surface area contributed by atoms with Gasteiger partial charge in [0, 0.05) is 38.3 Å². The van der Waals surface area contributed by atoms with E-state index in [2.05, 4.69) is 27.4 Å². The fourth-order valence-corrected chi connectivity index (χ4v) is 2.78. The Morgan fingerprint density at radius 3 is 2.40 bits per heavy atom. The van der Waals surface area contributed by atoms with Gasteiger partial charge in [0.25, 0.3) is 5.91 Å². The Labute approximate surface area is 162 Å². The van der Waals surface area contributed by atoms with Crippen molar-refractivity contribution in [3.8, 4) is 0 Å². The Hall–Kier alpha value is -1.08. The Morgan fingerprint density at radius 1 is 1.16 bits per heavy atom. The van der Waals surface area contributed by atoms with Crippen LogP contribution in [0.15, 0.2) is 18.2 Å². The van der Waals surface area contributed by atoms with Gasteiger partial charge in [-0.2, -0.15) is 0 Å². The van der Waals surface area contributed by atoms with Crippen molar-refractivity contribution in [2.24, 2.45) is 0 Å². The first-order valence-corrected chi connectivity index (χ1v) is 8.35. The smallest absolute Gasteiger partial charge is 0.251 e. The van der Waals surface area contributed by atoms with E-state index in [1.165, 1.54) is 6.07 Å². The van der Waals surface area contributed by atoms with Gasteiger partial charge in [-0.3, -0.25) is 4.79 Å². The van der Waals surface area contributed by atoms with E-state index in [-0.39, 0.29) is 36.5 Å². The van der Waals surface area contributed by atoms with Crippen LogP contribution in [-0.4, -0.2) is 63.7 Å². The van der Waals surface area contributed by atoms with Crippen LogP contribution in [-0.2, 0) is 0 Å². The average molecular weight is 395 g/mol. The zero-order valence-corrected chi connectivity index (χ0v) is 16.5. The molecule has 0 unspecified atom stereocenters. The maximum atomic E-state index is 14.4. The number of likely N-dealkylation sites (N-methyl/N-ethyl adjacent to an activating group) is 1. The summed E-state index contributed by atoms with van der Waals surface area (Å²) in [6.45, 7) is 8.14. The lowest BCUT2D eigenvalue weighted by Crippen LogP contribution is -2.46. The van der Waals surface area contributed by atoms with Crippen molar-refractivity contribution < 1.29 is 9.18 Å². The summed E-state index contributed by atoms with van der Waals surface area (Å²) < 4.78 is 14.4. The van der Waals surface area contributed by atoms with Gasteiger partial charge in [0.1, 0.15) is 5.82 Å². The molecule has 0 radical (unpaired) electrons. The first kappa shape index (κ1) is 23.9. The molecular weight excluding hydrogens is 366 g/mol. The minimum Gasteiger partial charge on any atom is -0.367 e. The molecule has 0 aromatic heterocycles. The Bertz CT molecular complexity index is 525. The molecule has 1 aliphatic heterocycles. The van der Waals surface area contributed by atoms with Gasteiger partial charge in [0.05, 0.1) is 5.69 Å². The van der Waals surface area contributed by atoms with Crippen LogP contribution in [0.4, 0.5) is 10.1 Å². The van der Waals surface area contributed by atoms with Gasteiger partial charge in [-0.05, 0) is 44.8 Å². The molecule has 1 saturated heterocycles. The molecule has 0 atom stereocenters. The summed E-state index contributed by atoms with van der Waals surface area (Å²) in [5.74, 6) is -0.542. The van der Waals surface area contributed by atoms with Crippen LogP contribution in [0.2, 0.25) is 0 Å². The number of carbonyl (C=O) groups is 1. The highest BCUT2D eigenvalue weighted by Crippen LogP contribution is 2.22. The van der Waals surface area contributed by atoms with E-state index < -0.39 is 0 Å². The van der Waals surface area contributed by atoms with Gasteiger partial charge >= 0.3 is 0 Å². The fourth-order valence-electron chi connectivity index (χ4n) is 2.78. The van der Waals surface area contributed by atoms with Crippen molar-refractivity contribution >= 4 is 36.4 Å². The van der Waals surface area contributed by atoms with Crippen molar-refractivity contribution in [1.29, 1.82) is 0 Å². The quantitative estimate of drug-likeness (QED) is 0.695. The summed E-state index contributed by atoms with van der Waals surface area (Å²) >= 11 is 0. The molecule has 1 amide bonds. The number of amides is 1. The maximum Gasteiger partial charge on any atom is 0.251 e. The number of benzene rings is 1. The van der Waals surface area contributed by atoms with E-state index >= 15 is 0 Å². The summed E-state index contributed by atoms with van der Waals surface area (Å²) in [5, 5.41) is 5.83. The first-order chi connectivity index (χ1) is 11.2. The average Bonchev–Trinajstić information content (AvgIpc) is 2.58. The molecule has 2 rings (SSSR count). The predicted molar refractivity (Wildman–Crippen MR) is 106 cm³/mol. The summed E-state index contributed by atoms with van der Waals surface area (Å²) in [5.41, 5.74) is 0.968. The summed E-state index contributed by atoms with van der Waals surface area (Å²) in [6, 6.07) is 4.77. The van der Waals surface area contributed by atoms with Gasteiger partial charge in [0.15, 0.2) is 0 Å². The largest absolute Gasteiger partial charge is 0.367 e. The van der Waals surface area contributed by atoms with E-state index in [9.17, 15) is 9.18 Å². The van der Waals surface area contributed by atoms with E-state index in [4.69, 9.17) is 0 Å². The molecule has 1 heterocycles. The number of piperazine rings is 1. The Kier molecular flexibility index (Phi) is 11.8. The van der Waals surface area contributed by atoms with Crippen LogP contribution in [0.25, 0.3) is 0 Å². The van der Waals surface area contributed by atoms with Gasteiger partial charge < -0.3 is 20.4 Å². The minimum atomic E-state index is -0.321. The second-order valence-corrected chi connectivity index (χ2v) is 5.80. The molecule has 0 spiro atoms. The lowest BCUT2D eigenvalue weighted by Gasteiger charge is -2.35. The molecule has 25 heavy (non-hydrogen) atoms. The fraction of sp³-hybridized carbons (Fsp3) is 0.588. The van der Waals surface area contributed by atoms with E-state index in [0.717, 1.165) is 45.7 Å². The van der Waals surface area contributed by atoms with Crippen molar-refractivity contribution in [2.75, 3.05) is 57.8 Å². The molecule has 8 heteroatoms. The highest BCUT2D eigenvalue weighted by molar-refractivity contribution is 5.94. The number of rotatable bonds is 7. The van der Waals surface area contributed by atoms with Crippen molar-refractivity contribution in [3.63, 3.8) is 0 Å². The molecule has 0 bridgehead atoms. The van der Waals surface area contributed by atoms with Crippen molar-refractivity contribution in [3.05, 3.63) is 29.6 Å². The normalized spacial score (nSPS) is 14.4. The molecule has 1 aromatic carbocycles. The van der Waals surface area contributed by atoms with Crippen LogP contribution >= 0.6 is 24.8 Å². The number of hydrogen-bond donors (Lipinski definition) is 2. The summed E-state index contributed by atoms with van der Waals surface area (Å²) in [4.78, 5) is 16.4. The maximum absolute atomic E-state index is 14.4. The van der Waals surface area contributed by atoms with Crippen LogP contribution in [0, 0.1) is 5.82 Å². The second-order valence-electron chi connectivity index (χ2n) is 5.80. The lowest BCUT2D eigenvalue weighted by atomic mass is 10.1. The predicted octanol–water partition coefficient (Wildman–Crippen LogP) is 2.15. The van der Waals surface area contributed by atoms with Gasteiger partial charge in [-0.15, -0.1) is 24.8 Å². The summed E-state index contributed by atoms with van der Waals surface area (Å²) in [6.07, 6.45) is 0.852. The molecule has 2 N–H and O–H groups in total. The molecule has 144 valence electrons. The van der Waals surface area contributed by atoms with Crippen LogP contribution in [0.5, 0.6) is 0 Å². The van der Waals surface area contributed by atoms with Gasteiger partial charge in [-0.1, -0.05) is 6.92 Å². The first-order valence-electron chi connectivity index (χ1n) is 8.35. The van der Waals surface area contributed by atoms with E-state index in [1.807, 2.05) is 7.05 Å². The molecule has 1 fully saturated rings. The van der Waals surface area contributed by atoms with Gasteiger partial charge in [-0.25, -0.2) is 4.39 Å². The van der Waals surface area contributed by atoms with Crippen LogP contribution in [0.3, 0.4) is 0 Å². The Balaban J connectivity index is 0.00000288. The number of halogens is 3. The SMILES string of the molecule is CCN1CCN(c2ccc(C(=O)NCCCNC)cc2F)CC1.Cl.Cl. The molecule has 5 nitrogen and oxygen atoms in total. The molecule has 1 aliphatic rings. The zero-order chi connectivity index (χ0) is 16.7. The third kappa shape index (κ3) is 6.98. The molecular formula is C17H29Cl2FN4O. The topological polar surface area (TPSA) is 47.6 Å². The Morgan fingerprint density at radius 2 is 1.84 bits per heavy atom. The highest BCUT2D eigenvalue weighted by Gasteiger charge is 2.19. The number of nitrogens with zero attached hydrogens (tertiary/aromatic N) is 2. The third-order valence-electron chi connectivity index (χ3n) is 4.26. The molecule has 1 aromatic rings. The third-order valence-corrected chi connectivity index (χ3v) is 4.26. The van der Waals surface area contributed by atoms with Crippen molar-refractivity contribution in [1.82, 2.24) is 15.5 Å². The number of nitrogens with one attached hydrogen (secondary N) is 2. The van der Waals surface area contributed by atoms with E-state index in [1.54, 1.807) is 12.1 Å². The standard InChI is InChI=1S/C17H27FN4O.2ClH/c1-3-21-9-11-22(12-10-21)16-6-5-14(13-15(16)18)17(23)20-8-4-7-19-2;;/h5-6,13,19H,3-4,7-12H2,1-2H3,(H,20,23);2*1H. The zero-order valence-electron chi connectivity index (χ0n) is 14.9. The van der Waals surface area contributed by atoms with Crippen molar-refractivity contribution in [2.45, 2.75) is 13.3 Å². The van der Waals surface area contributed by atoms with Crippen LogP contribution < -0.4 is 15.5 Å². The monoisotopic (exact) mass is 394 g/mol. The molecule has 0 saturated carbocycles. The highest BCUT2D eigenvalue weighted by atomic mass is 35.5. The minimum absolute atomic E-state index is 0. The summed E-state index contributed by atoms with van der Waals surface area (Å²) in [7, 11) is 1.87. The lowest BCUT2D eigenvalue weighted by molar-refractivity contribution is 0.0953. The molecule has 0 aliphatic carbocycles. The van der Waals surface area contributed by atoms with Crippen LogP contribution in [0.1, 0.15) is 23.7 Å². The second kappa shape index (κ2) is 12.3. The number of anilines is 1.